The number of epoxide rings is 1. The van der Waals surface area contributed by atoms with Crippen molar-refractivity contribution in [2.75, 3.05) is 11.9 Å². The third-order valence-electron chi connectivity index (χ3n) is 8.91. The van der Waals surface area contributed by atoms with Crippen molar-refractivity contribution in [3.63, 3.8) is 0 Å². The first kappa shape index (κ1) is 40.2. The molecule has 0 saturated carbocycles. The van der Waals surface area contributed by atoms with Gasteiger partial charge in [-0.25, -0.2) is 0 Å². The van der Waals surface area contributed by atoms with Crippen molar-refractivity contribution >= 4 is 46.5 Å². The van der Waals surface area contributed by atoms with Gasteiger partial charge in [0, 0.05) is 12.1 Å². The first-order valence-electron chi connectivity index (χ1n) is 18.1. The second-order valence-corrected chi connectivity index (χ2v) is 15.0. The maximum atomic E-state index is 14.1. The minimum absolute atomic E-state index is 0.0429. The number of para-hydroxylation sites is 1. The summed E-state index contributed by atoms with van der Waals surface area (Å²) < 4.78 is 5.42. The maximum absolute atomic E-state index is 14.1. The van der Waals surface area contributed by atoms with E-state index in [2.05, 4.69) is 26.6 Å². The van der Waals surface area contributed by atoms with Crippen LogP contribution in [-0.2, 0) is 36.8 Å². The smallest absolute Gasteiger partial charge is 0.243 e. The molecule has 10 nitrogen and oxygen atoms in total. The fourth-order valence-corrected chi connectivity index (χ4v) is 6.23. The number of ether oxygens (including phenoxy) is 1. The molecule has 2 unspecified atom stereocenters. The van der Waals surface area contributed by atoms with Gasteiger partial charge in [0.2, 0.25) is 17.7 Å². The van der Waals surface area contributed by atoms with Gasteiger partial charge in [-0.3, -0.25) is 19.2 Å². The van der Waals surface area contributed by atoms with Crippen molar-refractivity contribution < 1.29 is 23.9 Å². The van der Waals surface area contributed by atoms with Crippen LogP contribution in [-0.4, -0.2) is 65.0 Å². The Morgan fingerprint density at radius 3 is 1.67 bits per heavy atom. The van der Waals surface area contributed by atoms with Gasteiger partial charge in [-0.1, -0.05) is 107 Å². The Bertz CT molecular complexity index is 1630. The Balaban J connectivity index is 1.53. The number of carbonyl (C=O) groups is 4. The molecule has 3 aromatic carbocycles. The summed E-state index contributed by atoms with van der Waals surface area (Å²) in [7, 11) is 0. The summed E-state index contributed by atoms with van der Waals surface area (Å²) in [6.07, 6.45) is 1.97. The number of ketones is 1. The summed E-state index contributed by atoms with van der Waals surface area (Å²) in [5.41, 5.74) is 1.76. The van der Waals surface area contributed by atoms with Crippen LogP contribution in [0.25, 0.3) is 0 Å². The Hall–Kier alpha value is -4.61. The molecule has 1 aliphatic heterocycles. The summed E-state index contributed by atoms with van der Waals surface area (Å²) in [5.74, 6) is -1.37. The number of benzene rings is 3. The summed E-state index contributed by atoms with van der Waals surface area (Å²) in [4.78, 5) is 55.4. The molecule has 3 aromatic rings. The van der Waals surface area contributed by atoms with Gasteiger partial charge in [-0.15, -0.1) is 0 Å². The largest absolute Gasteiger partial charge is 0.361 e. The number of anilines is 1. The van der Waals surface area contributed by atoms with Gasteiger partial charge >= 0.3 is 0 Å². The number of aryl methyl sites for hydroxylation is 1. The topological polar surface area (TPSA) is 141 Å². The third-order valence-corrected chi connectivity index (χ3v) is 9.13. The summed E-state index contributed by atoms with van der Waals surface area (Å²) in [6.45, 7) is 9.93. The monoisotopic (exact) mass is 727 g/mol. The first-order chi connectivity index (χ1) is 24.8. The van der Waals surface area contributed by atoms with E-state index in [0.717, 1.165) is 16.8 Å². The highest BCUT2D eigenvalue weighted by molar-refractivity contribution is 7.80. The highest BCUT2D eigenvalue weighted by atomic mass is 32.1. The summed E-state index contributed by atoms with van der Waals surface area (Å²) >= 11 is 5.59. The number of rotatable bonds is 19. The Morgan fingerprint density at radius 1 is 0.654 bits per heavy atom. The van der Waals surface area contributed by atoms with Crippen LogP contribution >= 0.6 is 12.2 Å². The van der Waals surface area contributed by atoms with Crippen molar-refractivity contribution in [1.29, 1.82) is 0 Å². The van der Waals surface area contributed by atoms with Gasteiger partial charge in [0.25, 0.3) is 0 Å². The Morgan fingerprint density at radius 2 is 1.12 bits per heavy atom. The molecular weight excluding hydrogens is 675 g/mol. The predicted octanol–water partition coefficient (Wildman–Crippen LogP) is 5.12. The second kappa shape index (κ2) is 19.3. The molecule has 3 amide bonds. The Kier molecular flexibility index (Phi) is 14.9. The molecule has 4 rings (SSSR count). The van der Waals surface area contributed by atoms with Crippen LogP contribution in [0.4, 0.5) is 5.69 Å². The van der Waals surface area contributed by atoms with Gasteiger partial charge in [0.1, 0.15) is 23.7 Å². The van der Waals surface area contributed by atoms with E-state index in [9.17, 15) is 19.2 Å². The molecule has 0 aromatic heterocycles. The summed E-state index contributed by atoms with van der Waals surface area (Å²) in [6, 6.07) is 25.1. The van der Waals surface area contributed by atoms with Crippen LogP contribution in [0.3, 0.4) is 0 Å². The normalized spacial score (nSPS) is 17.3. The lowest BCUT2D eigenvalue weighted by Gasteiger charge is -2.28. The van der Waals surface area contributed by atoms with Crippen molar-refractivity contribution in [2.45, 2.75) is 96.5 Å². The van der Waals surface area contributed by atoms with Crippen LogP contribution in [0.1, 0.15) is 65.0 Å². The van der Waals surface area contributed by atoms with Gasteiger partial charge < -0.3 is 31.3 Å². The van der Waals surface area contributed by atoms with Crippen molar-refractivity contribution in [2.24, 2.45) is 11.8 Å². The molecule has 52 heavy (non-hydrogen) atoms. The number of Topliss-reactive ketones (excluding diaryl/α,β-unsaturated/α-hetero) is 1. The van der Waals surface area contributed by atoms with E-state index in [1.165, 1.54) is 0 Å². The molecule has 1 fully saturated rings. The molecule has 1 aliphatic rings. The number of hydrogen-bond donors (Lipinski definition) is 5. The van der Waals surface area contributed by atoms with E-state index in [4.69, 9.17) is 17.0 Å². The first-order valence-corrected chi connectivity index (χ1v) is 18.5. The molecule has 1 saturated heterocycles. The second-order valence-electron chi connectivity index (χ2n) is 14.6. The zero-order valence-corrected chi connectivity index (χ0v) is 31.6. The van der Waals surface area contributed by atoms with Crippen molar-refractivity contribution in [3.8, 4) is 0 Å². The quantitative estimate of drug-likeness (QED) is 0.0847. The molecular formula is C41H53N5O5S. The molecule has 0 spiro atoms. The fourth-order valence-electron chi connectivity index (χ4n) is 5.97. The zero-order chi connectivity index (χ0) is 37.7. The molecule has 1 heterocycles. The minimum Gasteiger partial charge on any atom is -0.361 e. The third kappa shape index (κ3) is 12.9. The van der Waals surface area contributed by atoms with Crippen LogP contribution in [0, 0.1) is 11.8 Å². The molecule has 5 N–H and O–H groups in total. The van der Waals surface area contributed by atoms with Crippen LogP contribution in [0.5, 0.6) is 0 Å². The van der Waals surface area contributed by atoms with E-state index < -0.39 is 47.5 Å². The van der Waals surface area contributed by atoms with Crippen molar-refractivity contribution in [1.82, 2.24) is 21.3 Å². The SMILES string of the molecule is CC(C)CC(NC(=O)[C@H](CCc1ccccc1)NC(=S)Nc1ccccc1)C(=O)N[C@@H](Cc1ccccc1)C(=O)NC(CC(C)C)C(=O)[C@@]1(C)CO1. The lowest BCUT2D eigenvalue weighted by Crippen LogP contribution is -2.59. The van der Waals surface area contributed by atoms with Crippen LogP contribution in [0.2, 0.25) is 0 Å². The average Bonchev–Trinajstić information content (AvgIpc) is 3.87. The number of nitrogens with one attached hydrogen (secondary N) is 5. The van der Waals surface area contributed by atoms with Gasteiger partial charge in [-0.05, 0) is 79.9 Å². The molecule has 278 valence electrons. The van der Waals surface area contributed by atoms with E-state index in [0.29, 0.717) is 32.3 Å². The average molecular weight is 728 g/mol. The molecule has 11 heteroatoms. The lowest BCUT2D eigenvalue weighted by molar-refractivity contribution is -0.134. The molecule has 0 radical (unpaired) electrons. The Labute approximate surface area is 313 Å². The number of amides is 3. The standard InChI is InChI=1S/C41H53N5O5S/c1-27(2)23-33(36(47)41(5)26-51-41)43-39(50)35(25-30-17-11-7-12-18-30)45-38(49)34(24-28(3)4)44-37(48)32(22-21-29-15-9-6-10-16-29)46-40(52)42-31-19-13-8-14-20-31/h6-20,27-28,32-35H,21-26H2,1-5H3,(H,43,50)(H,44,48)(H,45,49)(H2,42,46,52)/t32-,33?,34?,35-,41+/m0/s1. The highest BCUT2D eigenvalue weighted by Gasteiger charge is 2.50. The molecule has 0 bridgehead atoms. The zero-order valence-electron chi connectivity index (χ0n) is 30.8. The number of carbonyl (C=O) groups excluding carboxylic acids is 4. The van der Waals surface area contributed by atoms with E-state index in [1.807, 2.05) is 119 Å². The number of hydrogen-bond acceptors (Lipinski definition) is 6. The lowest BCUT2D eigenvalue weighted by atomic mass is 9.93. The van der Waals surface area contributed by atoms with Crippen LogP contribution in [0.15, 0.2) is 91.0 Å². The minimum atomic E-state index is -1.01. The van der Waals surface area contributed by atoms with Gasteiger partial charge in [-0.2, -0.15) is 0 Å². The summed E-state index contributed by atoms with van der Waals surface area (Å²) in [5, 5.41) is 15.4. The van der Waals surface area contributed by atoms with E-state index in [-0.39, 0.29) is 29.2 Å². The van der Waals surface area contributed by atoms with E-state index in [1.54, 1.807) is 6.92 Å². The van der Waals surface area contributed by atoms with E-state index >= 15 is 0 Å². The molecule has 0 aliphatic carbocycles. The number of thiocarbonyl (C=S) groups is 1. The van der Waals surface area contributed by atoms with Gasteiger partial charge in [0.15, 0.2) is 10.9 Å². The predicted molar refractivity (Wildman–Crippen MR) is 209 cm³/mol. The van der Waals surface area contributed by atoms with Gasteiger partial charge in [0.05, 0.1) is 12.6 Å². The van der Waals surface area contributed by atoms with Crippen LogP contribution < -0.4 is 26.6 Å². The maximum Gasteiger partial charge on any atom is 0.243 e. The van der Waals surface area contributed by atoms with Crippen molar-refractivity contribution in [3.05, 3.63) is 102 Å². The fraction of sp³-hybridized carbons (Fsp3) is 0.439. The molecule has 5 atom stereocenters. The highest BCUT2D eigenvalue weighted by Crippen LogP contribution is 2.29.